The average Bonchev–Trinajstić information content (AvgIpc) is 2.64. The standard InChI is InChI=1S/C13H26N2O3/c1-12(2,3)18-11(16)15-13(4,5)10(14)9-6-7-17-8-9/h9-10H,6-8,14H2,1-5H3,(H,15,16). The van der Waals surface area contributed by atoms with Crippen LogP contribution >= 0.6 is 0 Å². The van der Waals surface area contributed by atoms with E-state index in [1.165, 1.54) is 0 Å². The lowest BCUT2D eigenvalue weighted by Crippen LogP contribution is -2.59. The Labute approximate surface area is 109 Å². The van der Waals surface area contributed by atoms with Gasteiger partial charge < -0.3 is 20.5 Å². The summed E-state index contributed by atoms with van der Waals surface area (Å²) in [6.45, 7) is 10.8. The maximum atomic E-state index is 11.8. The van der Waals surface area contributed by atoms with Crippen molar-refractivity contribution in [3.05, 3.63) is 0 Å². The van der Waals surface area contributed by atoms with Crippen LogP contribution in [0.3, 0.4) is 0 Å². The van der Waals surface area contributed by atoms with E-state index in [1.54, 1.807) is 0 Å². The molecule has 0 radical (unpaired) electrons. The molecule has 2 atom stereocenters. The lowest BCUT2D eigenvalue weighted by molar-refractivity contribution is 0.0441. The first-order chi connectivity index (χ1) is 8.12. The molecule has 0 saturated carbocycles. The molecule has 5 nitrogen and oxygen atoms in total. The summed E-state index contributed by atoms with van der Waals surface area (Å²) < 4.78 is 10.6. The largest absolute Gasteiger partial charge is 0.444 e. The highest BCUT2D eigenvalue weighted by Crippen LogP contribution is 2.23. The van der Waals surface area contributed by atoms with Gasteiger partial charge in [-0.2, -0.15) is 0 Å². The van der Waals surface area contributed by atoms with Gasteiger partial charge in [0.15, 0.2) is 0 Å². The summed E-state index contributed by atoms with van der Waals surface area (Å²) >= 11 is 0. The van der Waals surface area contributed by atoms with E-state index in [0.717, 1.165) is 13.0 Å². The zero-order valence-corrected chi connectivity index (χ0v) is 12.1. The predicted octanol–water partition coefficient (Wildman–Crippen LogP) is 1.65. The normalized spacial score (nSPS) is 22.7. The quantitative estimate of drug-likeness (QED) is 0.807. The SMILES string of the molecule is CC(C)(C)OC(=O)NC(C)(C)C(N)C1CCOC1. The molecule has 106 valence electrons. The van der Waals surface area contributed by atoms with Crippen molar-refractivity contribution >= 4 is 6.09 Å². The van der Waals surface area contributed by atoms with Gasteiger partial charge in [-0.15, -0.1) is 0 Å². The van der Waals surface area contributed by atoms with Crippen molar-refractivity contribution < 1.29 is 14.3 Å². The molecule has 1 heterocycles. The van der Waals surface area contributed by atoms with Crippen LogP contribution in [0, 0.1) is 5.92 Å². The lowest BCUT2D eigenvalue weighted by atomic mass is 9.84. The van der Waals surface area contributed by atoms with E-state index in [1.807, 2.05) is 34.6 Å². The molecule has 0 aromatic rings. The summed E-state index contributed by atoms with van der Waals surface area (Å²) in [7, 11) is 0. The van der Waals surface area contributed by atoms with Crippen molar-refractivity contribution in [1.29, 1.82) is 0 Å². The number of carbonyl (C=O) groups excluding carboxylic acids is 1. The zero-order chi connectivity index (χ0) is 14.0. The van der Waals surface area contributed by atoms with Gasteiger partial charge in [0, 0.05) is 18.6 Å². The van der Waals surface area contributed by atoms with Gasteiger partial charge in [0.05, 0.1) is 12.1 Å². The fourth-order valence-corrected chi connectivity index (χ4v) is 2.08. The highest BCUT2D eigenvalue weighted by molar-refractivity contribution is 5.68. The molecule has 2 unspecified atom stereocenters. The second-order valence-electron chi connectivity index (χ2n) is 6.50. The van der Waals surface area contributed by atoms with Crippen LogP contribution in [0.25, 0.3) is 0 Å². The Hall–Kier alpha value is -0.810. The second kappa shape index (κ2) is 5.45. The molecule has 0 aromatic carbocycles. The molecular formula is C13H26N2O3. The Kier molecular flexibility index (Phi) is 4.61. The maximum Gasteiger partial charge on any atom is 0.408 e. The summed E-state index contributed by atoms with van der Waals surface area (Å²) in [6, 6.07) is -0.146. The molecule has 0 aromatic heterocycles. The Morgan fingerprint density at radius 3 is 2.44 bits per heavy atom. The summed E-state index contributed by atoms with van der Waals surface area (Å²) in [5.74, 6) is 0.287. The van der Waals surface area contributed by atoms with Crippen molar-refractivity contribution in [3.8, 4) is 0 Å². The molecule has 0 bridgehead atoms. The van der Waals surface area contributed by atoms with Gasteiger partial charge in [-0.1, -0.05) is 0 Å². The fraction of sp³-hybridized carbons (Fsp3) is 0.923. The molecule has 1 fully saturated rings. The van der Waals surface area contributed by atoms with Crippen LogP contribution in [0.2, 0.25) is 0 Å². The number of nitrogens with two attached hydrogens (primary N) is 1. The Bertz CT molecular complexity index is 291. The number of ether oxygens (including phenoxy) is 2. The first-order valence-corrected chi connectivity index (χ1v) is 6.46. The monoisotopic (exact) mass is 258 g/mol. The van der Waals surface area contributed by atoms with Crippen molar-refractivity contribution in [1.82, 2.24) is 5.32 Å². The van der Waals surface area contributed by atoms with Gasteiger partial charge in [-0.3, -0.25) is 0 Å². The van der Waals surface area contributed by atoms with E-state index in [4.69, 9.17) is 15.2 Å². The number of nitrogens with one attached hydrogen (secondary N) is 1. The lowest BCUT2D eigenvalue weighted by Gasteiger charge is -2.36. The zero-order valence-electron chi connectivity index (χ0n) is 12.1. The van der Waals surface area contributed by atoms with Gasteiger partial charge in [0.1, 0.15) is 5.60 Å². The van der Waals surface area contributed by atoms with Crippen LogP contribution in [0.1, 0.15) is 41.0 Å². The molecule has 3 N–H and O–H groups in total. The summed E-state index contributed by atoms with van der Waals surface area (Å²) in [5.41, 5.74) is 5.21. The molecular weight excluding hydrogens is 232 g/mol. The molecule has 1 saturated heterocycles. The van der Waals surface area contributed by atoms with Crippen molar-refractivity contribution in [3.63, 3.8) is 0 Å². The van der Waals surface area contributed by atoms with E-state index in [0.29, 0.717) is 6.61 Å². The van der Waals surface area contributed by atoms with Crippen LogP contribution in [-0.4, -0.2) is 36.5 Å². The predicted molar refractivity (Wildman–Crippen MR) is 70.4 cm³/mol. The highest BCUT2D eigenvalue weighted by atomic mass is 16.6. The van der Waals surface area contributed by atoms with Gasteiger partial charge in [0.2, 0.25) is 0 Å². The topological polar surface area (TPSA) is 73.6 Å². The molecule has 1 aliphatic heterocycles. The number of amides is 1. The van der Waals surface area contributed by atoms with Crippen LogP contribution in [0.5, 0.6) is 0 Å². The number of hydrogen-bond acceptors (Lipinski definition) is 4. The van der Waals surface area contributed by atoms with E-state index in [9.17, 15) is 4.79 Å². The van der Waals surface area contributed by atoms with E-state index in [2.05, 4.69) is 5.32 Å². The third kappa shape index (κ3) is 4.46. The molecule has 5 heteroatoms. The maximum absolute atomic E-state index is 11.8. The fourth-order valence-electron chi connectivity index (χ4n) is 2.08. The highest BCUT2D eigenvalue weighted by Gasteiger charge is 2.36. The third-order valence-electron chi connectivity index (χ3n) is 3.13. The average molecular weight is 258 g/mol. The minimum atomic E-state index is -0.513. The number of carbonyl (C=O) groups is 1. The Morgan fingerprint density at radius 2 is 2.00 bits per heavy atom. The molecule has 1 rings (SSSR count). The summed E-state index contributed by atoms with van der Waals surface area (Å²) in [5, 5.41) is 2.85. The van der Waals surface area contributed by atoms with Gasteiger partial charge in [-0.25, -0.2) is 4.79 Å². The van der Waals surface area contributed by atoms with Gasteiger partial charge in [0.25, 0.3) is 0 Å². The molecule has 0 spiro atoms. The first kappa shape index (κ1) is 15.2. The number of alkyl carbamates (subject to hydrolysis) is 1. The van der Waals surface area contributed by atoms with E-state index in [-0.39, 0.29) is 12.0 Å². The molecule has 18 heavy (non-hydrogen) atoms. The van der Waals surface area contributed by atoms with Crippen molar-refractivity contribution in [2.75, 3.05) is 13.2 Å². The van der Waals surface area contributed by atoms with E-state index < -0.39 is 17.2 Å². The van der Waals surface area contributed by atoms with Crippen molar-refractivity contribution in [2.45, 2.75) is 58.2 Å². The van der Waals surface area contributed by atoms with Gasteiger partial charge >= 0.3 is 6.09 Å². The van der Waals surface area contributed by atoms with Crippen molar-refractivity contribution in [2.24, 2.45) is 11.7 Å². The Morgan fingerprint density at radius 1 is 1.39 bits per heavy atom. The molecule has 1 aliphatic rings. The van der Waals surface area contributed by atoms with Crippen LogP contribution in [0.4, 0.5) is 4.79 Å². The number of hydrogen-bond donors (Lipinski definition) is 2. The van der Waals surface area contributed by atoms with Crippen LogP contribution in [-0.2, 0) is 9.47 Å². The minimum Gasteiger partial charge on any atom is -0.444 e. The van der Waals surface area contributed by atoms with Crippen LogP contribution < -0.4 is 11.1 Å². The molecule has 1 amide bonds. The van der Waals surface area contributed by atoms with Gasteiger partial charge in [-0.05, 0) is 41.0 Å². The second-order valence-corrected chi connectivity index (χ2v) is 6.50. The number of rotatable bonds is 3. The molecule has 0 aliphatic carbocycles. The summed E-state index contributed by atoms with van der Waals surface area (Å²) in [4.78, 5) is 11.8. The third-order valence-corrected chi connectivity index (χ3v) is 3.13. The Balaban J connectivity index is 2.54. The van der Waals surface area contributed by atoms with E-state index >= 15 is 0 Å². The van der Waals surface area contributed by atoms with Crippen LogP contribution in [0.15, 0.2) is 0 Å². The smallest absolute Gasteiger partial charge is 0.408 e. The summed E-state index contributed by atoms with van der Waals surface area (Å²) in [6.07, 6.45) is 0.516. The first-order valence-electron chi connectivity index (χ1n) is 6.46. The minimum absolute atomic E-state index is 0.146.